The summed E-state index contributed by atoms with van der Waals surface area (Å²) in [5.41, 5.74) is 0.506. The highest BCUT2D eigenvalue weighted by atomic mass is 16.5. The van der Waals surface area contributed by atoms with E-state index in [9.17, 15) is 19.2 Å². The maximum Gasteiger partial charge on any atom is 0.254 e. The minimum atomic E-state index is -1.07. The van der Waals surface area contributed by atoms with E-state index in [-0.39, 0.29) is 0 Å². The highest BCUT2D eigenvalue weighted by Gasteiger charge is 2.54. The molecular formula is C15H12N2O5. The minimum Gasteiger partial charge on any atom is -0.497 e. The van der Waals surface area contributed by atoms with E-state index in [1.807, 2.05) is 0 Å². The number of carbonyl (C=O) groups is 4. The van der Waals surface area contributed by atoms with Gasteiger partial charge in [-0.1, -0.05) is 0 Å². The van der Waals surface area contributed by atoms with E-state index in [0.29, 0.717) is 17.7 Å². The van der Waals surface area contributed by atoms with Gasteiger partial charge in [0.25, 0.3) is 17.7 Å². The Morgan fingerprint density at radius 2 is 1.59 bits per heavy atom. The van der Waals surface area contributed by atoms with Crippen molar-refractivity contribution in [3.05, 3.63) is 36.4 Å². The number of aldehydes is 1. The topological polar surface area (TPSA) is 84.0 Å². The van der Waals surface area contributed by atoms with Crippen LogP contribution in [0, 0.1) is 0 Å². The third-order valence-electron chi connectivity index (χ3n) is 3.72. The fraction of sp³-hybridized carbons (Fsp3) is 0.200. The van der Waals surface area contributed by atoms with Crippen LogP contribution in [0.2, 0.25) is 0 Å². The average molecular weight is 300 g/mol. The van der Waals surface area contributed by atoms with Gasteiger partial charge >= 0.3 is 0 Å². The Balaban J connectivity index is 1.86. The van der Waals surface area contributed by atoms with Crippen LogP contribution < -0.4 is 9.64 Å². The lowest BCUT2D eigenvalue weighted by Crippen LogP contribution is -2.72. The molecule has 112 valence electrons. The van der Waals surface area contributed by atoms with Crippen molar-refractivity contribution in [1.29, 1.82) is 0 Å². The number of methoxy groups -OCH3 is 1. The van der Waals surface area contributed by atoms with Gasteiger partial charge in [-0.15, -0.1) is 0 Å². The number of hydrogen-bond donors (Lipinski definition) is 0. The van der Waals surface area contributed by atoms with Crippen LogP contribution in [-0.4, -0.2) is 48.1 Å². The zero-order chi connectivity index (χ0) is 15.9. The van der Waals surface area contributed by atoms with Crippen LogP contribution in [0.1, 0.15) is 0 Å². The summed E-state index contributed by atoms with van der Waals surface area (Å²) in [7, 11) is 1.52. The second-order valence-electron chi connectivity index (χ2n) is 4.86. The van der Waals surface area contributed by atoms with Crippen molar-refractivity contribution in [2.75, 3.05) is 12.0 Å². The number of imide groups is 1. The molecule has 0 bridgehead atoms. The summed E-state index contributed by atoms with van der Waals surface area (Å²) in [5.74, 6) is -1.01. The molecule has 2 heterocycles. The van der Waals surface area contributed by atoms with Gasteiger partial charge in [-0.05, 0) is 24.3 Å². The maximum absolute atomic E-state index is 12.3. The summed E-state index contributed by atoms with van der Waals surface area (Å²) in [6, 6.07) is 4.63. The van der Waals surface area contributed by atoms with Gasteiger partial charge in [-0.2, -0.15) is 0 Å². The second kappa shape index (κ2) is 5.10. The molecule has 0 aromatic heterocycles. The van der Waals surface area contributed by atoms with E-state index in [1.165, 1.54) is 12.0 Å². The van der Waals surface area contributed by atoms with Gasteiger partial charge < -0.3 is 9.53 Å². The first kappa shape index (κ1) is 14.0. The zero-order valence-electron chi connectivity index (χ0n) is 11.6. The molecule has 2 aliphatic heterocycles. The fourth-order valence-electron chi connectivity index (χ4n) is 2.62. The third-order valence-corrected chi connectivity index (χ3v) is 3.72. The monoisotopic (exact) mass is 300 g/mol. The van der Waals surface area contributed by atoms with E-state index in [4.69, 9.17) is 4.74 Å². The van der Waals surface area contributed by atoms with Crippen molar-refractivity contribution in [3.63, 3.8) is 0 Å². The number of anilines is 1. The van der Waals surface area contributed by atoms with Gasteiger partial charge in [0.15, 0.2) is 0 Å². The summed E-state index contributed by atoms with van der Waals surface area (Å²) in [6.07, 6.45) is 2.75. The number of carbonyl (C=O) groups excluding carboxylic acids is 4. The van der Waals surface area contributed by atoms with Crippen molar-refractivity contribution in [3.8, 4) is 5.75 Å². The first-order valence-electron chi connectivity index (χ1n) is 6.56. The molecular weight excluding hydrogens is 288 g/mol. The number of hydrogen-bond acceptors (Lipinski definition) is 5. The summed E-state index contributed by atoms with van der Waals surface area (Å²) in [5, 5.41) is 0. The number of ether oxygens (including phenoxy) is 1. The molecule has 7 heteroatoms. The molecule has 3 amide bonds. The van der Waals surface area contributed by atoms with Gasteiger partial charge in [-0.25, -0.2) is 0 Å². The molecule has 1 fully saturated rings. The van der Waals surface area contributed by atoms with Gasteiger partial charge in [-0.3, -0.25) is 24.2 Å². The molecule has 3 rings (SSSR count). The van der Waals surface area contributed by atoms with E-state index < -0.39 is 29.8 Å². The average Bonchev–Trinajstić information content (AvgIpc) is 2.85. The molecule has 0 spiro atoms. The predicted octanol–water partition coefficient (Wildman–Crippen LogP) is -0.0971. The Bertz CT molecular complexity index is 676. The van der Waals surface area contributed by atoms with E-state index in [1.54, 1.807) is 24.3 Å². The summed E-state index contributed by atoms with van der Waals surface area (Å²) in [4.78, 5) is 49.1. The zero-order valence-corrected chi connectivity index (χ0v) is 11.6. The molecule has 1 aromatic rings. The van der Waals surface area contributed by atoms with Crippen molar-refractivity contribution in [2.45, 2.75) is 12.1 Å². The maximum atomic E-state index is 12.3. The smallest absolute Gasteiger partial charge is 0.254 e. The van der Waals surface area contributed by atoms with E-state index >= 15 is 0 Å². The Kier molecular flexibility index (Phi) is 3.25. The van der Waals surface area contributed by atoms with Crippen LogP contribution >= 0.6 is 0 Å². The lowest BCUT2D eigenvalue weighted by Gasteiger charge is -2.46. The summed E-state index contributed by atoms with van der Waals surface area (Å²) in [6.45, 7) is 0. The molecule has 7 nitrogen and oxygen atoms in total. The largest absolute Gasteiger partial charge is 0.497 e. The van der Waals surface area contributed by atoms with Crippen LogP contribution in [0.3, 0.4) is 0 Å². The van der Waals surface area contributed by atoms with Crippen molar-refractivity contribution in [1.82, 2.24) is 4.90 Å². The molecule has 0 unspecified atom stereocenters. The third kappa shape index (κ3) is 1.90. The van der Waals surface area contributed by atoms with Gasteiger partial charge in [0.2, 0.25) is 0 Å². The van der Waals surface area contributed by atoms with Crippen LogP contribution in [0.15, 0.2) is 36.4 Å². The van der Waals surface area contributed by atoms with Crippen molar-refractivity contribution in [2.24, 2.45) is 0 Å². The van der Waals surface area contributed by atoms with Gasteiger partial charge in [0, 0.05) is 17.8 Å². The van der Waals surface area contributed by atoms with Gasteiger partial charge in [0.1, 0.15) is 24.1 Å². The predicted molar refractivity (Wildman–Crippen MR) is 75.1 cm³/mol. The van der Waals surface area contributed by atoms with Crippen LogP contribution in [0.25, 0.3) is 0 Å². The molecule has 0 radical (unpaired) electrons. The number of benzene rings is 1. The molecule has 2 aliphatic rings. The number of rotatable bonds is 4. The first-order chi connectivity index (χ1) is 10.6. The molecule has 0 aliphatic carbocycles. The molecule has 0 saturated carbocycles. The number of nitrogens with zero attached hydrogens (tertiary/aromatic N) is 2. The molecule has 2 atom stereocenters. The van der Waals surface area contributed by atoms with Crippen LogP contribution in [0.5, 0.6) is 5.75 Å². The molecule has 22 heavy (non-hydrogen) atoms. The van der Waals surface area contributed by atoms with Crippen LogP contribution in [0.4, 0.5) is 5.69 Å². The van der Waals surface area contributed by atoms with Crippen LogP contribution in [-0.2, 0) is 19.2 Å². The van der Waals surface area contributed by atoms with E-state index in [2.05, 4.69) is 0 Å². The molecule has 1 aromatic carbocycles. The number of amides is 3. The normalized spacial score (nSPS) is 23.8. The standard InChI is InChI=1S/C15H12N2O5/c1-22-10-4-2-9(3-5-10)16-11(8-18)14(15(16)21)17-12(19)6-7-13(17)20/h2-8,11,14H,1H3/t11-,14+/m1/s1. The summed E-state index contributed by atoms with van der Waals surface area (Å²) >= 11 is 0. The molecule has 0 N–H and O–H groups in total. The fourth-order valence-corrected chi connectivity index (χ4v) is 2.62. The van der Waals surface area contributed by atoms with E-state index in [0.717, 1.165) is 17.1 Å². The SMILES string of the molecule is COc1ccc(N2C(=O)[C@@H](N3C(=O)C=CC3=O)[C@H]2C=O)cc1. The first-order valence-corrected chi connectivity index (χ1v) is 6.56. The number of β-lactam (4-membered cyclic amide) rings is 1. The highest BCUT2D eigenvalue weighted by molar-refractivity contribution is 6.20. The van der Waals surface area contributed by atoms with Crippen molar-refractivity contribution < 1.29 is 23.9 Å². The Labute approximate surface area is 125 Å². The molecule has 1 saturated heterocycles. The Hall–Kier alpha value is -2.96. The Morgan fingerprint density at radius 3 is 2.09 bits per heavy atom. The minimum absolute atomic E-state index is 0.465. The highest BCUT2D eigenvalue weighted by Crippen LogP contribution is 2.32. The Morgan fingerprint density at radius 1 is 1.00 bits per heavy atom. The lowest BCUT2D eigenvalue weighted by molar-refractivity contribution is -0.150. The van der Waals surface area contributed by atoms with Crippen molar-refractivity contribution >= 4 is 29.7 Å². The second-order valence-corrected chi connectivity index (χ2v) is 4.86. The summed E-state index contributed by atoms with van der Waals surface area (Å²) < 4.78 is 5.03. The lowest BCUT2D eigenvalue weighted by atomic mass is 9.93. The van der Waals surface area contributed by atoms with Gasteiger partial charge in [0.05, 0.1) is 7.11 Å². The quantitative estimate of drug-likeness (QED) is 0.440.